The Hall–Kier alpha value is -1.92. The van der Waals surface area contributed by atoms with Crippen LogP contribution in [-0.4, -0.2) is 43.6 Å². The third-order valence-electron chi connectivity index (χ3n) is 4.79. The monoisotopic (exact) mass is 353 g/mol. The molecule has 7 heteroatoms. The SMILES string of the molecule is C=O.CC(C)CC1NC(=O)CCCCC2CNC(=O)C2CCNC1=O. The molecule has 3 unspecified atom stereocenters. The average Bonchev–Trinajstić information content (AvgIpc) is 2.92. The lowest BCUT2D eigenvalue weighted by molar-refractivity contribution is -0.129. The van der Waals surface area contributed by atoms with Crippen LogP contribution in [0.3, 0.4) is 0 Å². The van der Waals surface area contributed by atoms with Crippen LogP contribution < -0.4 is 16.0 Å². The van der Waals surface area contributed by atoms with E-state index in [1.165, 1.54) is 0 Å². The number of carbonyl (C=O) groups excluding carboxylic acids is 4. The van der Waals surface area contributed by atoms with E-state index in [1.807, 2.05) is 20.6 Å². The van der Waals surface area contributed by atoms with Crippen LogP contribution in [0.2, 0.25) is 0 Å². The molecule has 2 heterocycles. The van der Waals surface area contributed by atoms with E-state index in [9.17, 15) is 14.4 Å². The number of amides is 3. The molecule has 2 fully saturated rings. The molecule has 0 aromatic heterocycles. The summed E-state index contributed by atoms with van der Waals surface area (Å²) in [4.78, 5) is 44.3. The molecule has 0 saturated carbocycles. The lowest BCUT2D eigenvalue weighted by atomic mass is 9.88. The molecule has 142 valence electrons. The van der Waals surface area contributed by atoms with Crippen LogP contribution in [0.15, 0.2) is 0 Å². The van der Waals surface area contributed by atoms with Gasteiger partial charge in [-0.05, 0) is 37.5 Å². The fourth-order valence-electron chi connectivity index (χ4n) is 3.52. The topological polar surface area (TPSA) is 104 Å². The Labute approximate surface area is 149 Å². The summed E-state index contributed by atoms with van der Waals surface area (Å²) in [5, 5.41) is 8.69. The Balaban J connectivity index is 0.00000151. The van der Waals surface area contributed by atoms with E-state index in [1.54, 1.807) is 0 Å². The van der Waals surface area contributed by atoms with Gasteiger partial charge in [-0.1, -0.05) is 20.3 Å². The second-order valence-corrected chi connectivity index (χ2v) is 7.19. The highest BCUT2D eigenvalue weighted by Crippen LogP contribution is 2.26. The van der Waals surface area contributed by atoms with Crippen molar-refractivity contribution >= 4 is 24.5 Å². The smallest absolute Gasteiger partial charge is 0.242 e. The third kappa shape index (κ3) is 6.84. The van der Waals surface area contributed by atoms with Crippen molar-refractivity contribution in [2.24, 2.45) is 17.8 Å². The number of nitrogens with one attached hydrogen (secondary N) is 3. The number of hydrogen-bond acceptors (Lipinski definition) is 4. The van der Waals surface area contributed by atoms with E-state index >= 15 is 0 Å². The molecule has 2 rings (SSSR count). The molecular weight excluding hydrogens is 322 g/mol. The van der Waals surface area contributed by atoms with Crippen molar-refractivity contribution in [2.45, 2.75) is 58.4 Å². The van der Waals surface area contributed by atoms with Gasteiger partial charge in [0.2, 0.25) is 17.7 Å². The van der Waals surface area contributed by atoms with Gasteiger partial charge in [0.25, 0.3) is 0 Å². The maximum Gasteiger partial charge on any atom is 0.242 e. The molecule has 0 aromatic rings. The first-order valence-corrected chi connectivity index (χ1v) is 9.11. The first-order valence-electron chi connectivity index (χ1n) is 9.11. The van der Waals surface area contributed by atoms with Crippen LogP contribution >= 0.6 is 0 Å². The molecule has 0 aliphatic carbocycles. The Bertz CT molecular complexity index is 467. The zero-order valence-electron chi connectivity index (χ0n) is 15.3. The van der Waals surface area contributed by atoms with Crippen molar-refractivity contribution in [3.05, 3.63) is 0 Å². The van der Waals surface area contributed by atoms with Crippen molar-refractivity contribution < 1.29 is 19.2 Å². The molecular formula is C18H31N3O4. The predicted octanol–water partition coefficient (Wildman–Crippen LogP) is 0.775. The minimum Gasteiger partial charge on any atom is -0.356 e. The van der Waals surface area contributed by atoms with Gasteiger partial charge in [0.1, 0.15) is 12.8 Å². The van der Waals surface area contributed by atoms with Crippen molar-refractivity contribution in [3.63, 3.8) is 0 Å². The average molecular weight is 353 g/mol. The third-order valence-corrected chi connectivity index (χ3v) is 4.79. The van der Waals surface area contributed by atoms with Crippen LogP contribution in [-0.2, 0) is 19.2 Å². The van der Waals surface area contributed by atoms with E-state index in [-0.39, 0.29) is 23.6 Å². The normalized spacial score (nSPS) is 28.1. The van der Waals surface area contributed by atoms with E-state index in [0.29, 0.717) is 37.6 Å². The molecule has 0 spiro atoms. The molecule has 0 aromatic carbocycles. The summed E-state index contributed by atoms with van der Waals surface area (Å²) >= 11 is 0. The van der Waals surface area contributed by atoms with Gasteiger partial charge in [-0.3, -0.25) is 14.4 Å². The minimum absolute atomic E-state index is 0.0109. The standard InChI is InChI=1S/C17H29N3O3.CH2O/c1-11(2)9-14-17(23)18-8-7-13-12(10-19-16(13)22)5-3-4-6-15(21)20-14;1-2/h11-14H,3-10H2,1-2H3,(H,18,23)(H,19,22)(H,20,21);1H2. The second-order valence-electron chi connectivity index (χ2n) is 7.19. The molecule has 3 atom stereocenters. The summed E-state index contributed by atoms with van der Waals surface area (Å²) in [5.74, 6) is 0.556. The van der Waals surface area contributed by atoms with E-state index in [0.717, 1.165) is 25.8 Å². The fraction of sp³-hybridized carbons (Fsp3) is 0.778. The van der Waals surface area contributed by atoms with Crippen LogP contribution in [0.25, 0.3) is 0 Å². The lowest BCUT2D eigenvalue weighted by Crippen LogP contribution is -2.47. The zero-order chi connectivity index (χ0) is 18.8. The van der Waals surface area contributed by atoms with Crippen LogP contribution in [0, 0.1) is 17.8 Å². The molecule has 0 bridgehead atoms. The van der Waals surface area contributed by atoms with Crippen LogP contribution in [0.4, 0.5) is 0 Å². The largest absolute Gasteiger partial charge is 0.356 e. The Morgan fingerprint density at radius 1 is 1.04 bits per heavy atom. The molecule has 3 N–H and O–H groups in total. The fourth-order valence-corrected chi connectivity index (χ4v) is 3.52. The van der Waals surface area contributed by atoms with Crippen molar-refractivity contribution in [2.75, 3.05) is 13.1 Å². The van der Waals surface area contributed by atoms with Crippen LogP contribution in [0.5, 0.6) is 0 Å². The van der Waals surface area contributed by atoms with Gasteiger partial charge in [-0.2, -0.15) is 0 Å². The molecule has 0 radical (unpaired) electrons. The highest BCUT2D eigenvalue weighted by Gasteiger charge is 2.34. The number of fused-ring (bicyclic) bond motifs is 1. The summed E-state index contributed by atoms with van der Waals surface area (Å²) in [7, 11) is 0. The zero-order valence-corrected chi connectivity index (χ0v) is 15.3. The van der Waals surface area contributed by atoms with Gasteiger partial charge in [0.15, 0.2) is 0 Å². The summed E-state index contributed by atoms with van der Waals surface area (Å²) in [5.41, 5.74) is 0. The lowest BCUT2D eigenvalue weighted by Gasteiger charge is -2.20. The van der Waals surface area contributed by atoms with Crippen molar-refractivity contribution in [1.82, 2.24) is 16.0 Å². The Morgan fingerprint density at radius 2 is 1.76 bits per heavy atom. The second kappa shape index (κ2) is 10.8. The Morgan fingerprint density at radius 3 is 2.44 bits per heavy atom. The Kier molecular flexibility index (Phi) is 9.16. The summed E-state index contributed by atoms with van der Waals surface area (Å²) in [6.07, 6.45) is 4.45. The van der Waals surface area contributed by atoms with E-state index < -0.39 is 6.04 Å². The van der Waals surface area contributed by atoms with Gasteiger partial charge in [0.05, 0.1) is 0 Å². The van der Waals surface area contributed by atoms with E-state index in [4.69, 9.17) is 4.79 Å². The molecule has 2 aliphatic rings. The van der Waals surface area contributed by atoms with E-state index in [2.05, 4.69) is 16.0 Å². The van der Waals surface area contributed by atoms with Gasteiger partial charge in [0, 0.05) is 25.4 Å². The van der Waals surface area contributed by atoms with Crippen LogP contribution in [0.1, 0.15) is 52.4 Å². The summed E-state index contributed by atoms with van der Waals surface area (Å²) < 4.78 is 0. The number of carbonyl (C=O) groups is 4. The highest BCUT2D eigenvalue weighted by molar-refractivity contribution is 5.87. The number of hydrogen-bond donors (Lipinski definition) is 3. The van der Waals surface area contributed by atoms with Gasteiger partial charge >= 0.3 is 0 Å². The van der Waals surface area contributed by atoms with Gasteiger partial charge in [-0.25, -0.2) is 0 Å². The molecule has 3 amide bonds. The molecule has 2 saturated heterocycles. The minimum atomic E-state index is -0.476. The highest BCUT2D eigenvalue weighted by atomic mass is 16.2. The quantitative estimate of drug-likeness (QED) is 0.682. The molecule has 25 heavy (non-hydrogen) atoms. The summed E-state index contributed by atoms with van der Waals surface area (Å²) in [6, 6.07) is -0.476. The molecule has 2 aliphatic heterocycles. The predicted molar refractivity (Wildman–Crippen MR) is 94.6 cm³/mol. The first-order chi connectivity index (χ1) is 12.0. The van der Waals surface area contributed by atoms with Gasteiger partial charge < -0.3 is 20.7 Å². The number of rotatable bonds is 2. The summed E-state index contributed by atoms with van der Waals surface area (Å²) in [6.45, 7) is 7.28. The van der Waals surface area contributed by atoms with Crippen molar-refractivity contribution in [1.29, 1.82) is 0 Å². The first kappa shape index (κ1) is 21.1. The maximum absolute atomic E-state index is 12.3. The van der Waals surface area contributed by atoms with Gasteiger partial charge in [-0.15, -0.1) is 0 Å². The maximum atomic E-state index is 12.3. The van der Waals surface area contributed by atoms with Crippen molar-refractivity contribution in [3.8, 4) is 0 Å². The molecule has 7 nitrogen and oxygen atoms in total.